The van der Waals surface area contributed by atoms with Crippen molar-refractivity contribution in [3.05, 3.63) is 86.0 Å². The number of halogens is 2. The molecule has 3 aromatic rings. The lowest BCUT2D eigenvalue weighted by Crippen LogP contribution is -2.21. The van der Waals surface area contributed by atoms with E-state index in [1.54, 1.807) is 18.2 Å². The molecule has 1 N–H and O–H groups in total. The maximum absolute atomic E-state index is 12.3. The van der Waals surface area contributed by atoms with Gasteiger partial charge < -0.3 is 10.1 Å². The molecule has 2 aromatic carbocycles. The van der Waals surface area contributed by atoms with Crippen molar-refractivity contribution in [3.8, 4) is 5.75 Å². The Balaban J connectivity index is 1.54. The lowest BCUT2D eigenvalue weighted by atomic mass is 10.2. The van der Waals surface area contributed by atoms with E-state index in [1.807, 2.05) is 41.8 Å². The van der Waals surface area contributed by atoms with E-state index < -0.39 is 0 Å². The molecule has 0 fully saturated rings. The Labute approximate surface area is 160 Å². The molecule has 0 spiro atoms. The van der Waals surface area contributed by atoms with Crippen LogP contribution in [0.4, 0.5) is 0 Å². The number of rotatable bonds is 6. The summed E-state index contributed by atoms with van der Waals surface area (Å²) in [6.07, 6.45) is 0. The summed E-state index contributed by atoms with van der Waals surface area (Å²) >= 11 is 13.3. The first-order valence-corrected chi connectivity index (χ1v) is 9.23. The molecular weight excluding hydrogens is 377 g/mol. The zero-order valence-corrected chi connectivity index (χ0v) is 15.5. The number of carbonyl (C=O) groups is 1. The predicted molar refractivity (Wildman–Crippen MR) is 103 cm³/mol. The topological polar surface area (TPSA) is 38.3 Å². The van der Waals surface area contributed by atoms with E-state index in [2.05, 4.69) is 5.32 Å². The number of amides is 1. The molecule has 0 saturated heterocycles. The van der Waals surface area contributed by atoms with Gasteiger partial charge in [0.05, 0.1) is 4.88 Å². The van der Waals surface area contributed by atoms with Crippen molar-refractivity contribution in [1.29, 1.82) is 0 Å². The molecule has 25 heavy (non-hydrogen) atoms. The fraction of sp³-hybridized carbons (Fsp3) is 0.105. The summed E-state index contributed by atoms with van der Waals surface area (Å²) in [7, 11) is 0. The first-order valence-electron chi connectivity index (χ1n) is 7.59. The van der Waals surface area contributed by atoms with Crippen molar-refractivity contribution in [2.75, 3.05) is 0 Å². The number of benzene rings is 2. The molecule has 0 unspecified atom stereocenters. The van der Waals surface area contributed by atoms with Crippen LogP contribution in [0.25, 0.3) is 0 Å². The second-order valence-electron chi connectivity index (χ2n) is 5.34. The highest BCUT2D eigenvalue weighted by Crippen LogP contribution is 2.20. The maximum Gasteiger partial charge on any atom is 0.261 e. The second kappa shape index (κ2) is 8.39. The highest BCUT2D eigenvalue weighted by molar-refractivity contribution is 7.12. The largest absolute Gasteiger partial charge is 0.489 e. The number of hydrogen-bond donors (Lipinski definition) is 1. The lowest BCUT2D eigenvalue weighted by Gasteiger charge is -2.06. The molecule has 0 saturated carbocycles. The van der Waals surface area contributed by atoms with Gasteiger partial charge in [-0.05, 0) is 47.3 Å². The van der Waals surface area contributed by atoms with Gasteiger partial charge in [0.2, 0.25) is 0 Å². The molecule has 0 aliphatic heterocycles. The van der Waals surface area contributed by atoms with Gasteiger partial charge >= 0.3 is 0 Å². The van der Waals surface area contributed by atoms with Crippen LogP contribution in [0, 0.1) is 0 Å². The monoisotopic (exact) mass is 391 g/mol. The van der Waals surface area contributed by atoms with Gasteiger partial charge in [-0.25, -0.2) is 0 Å². The molecule has 0 aliphatic carbocycles. The van der Waals surface area contributed by atoms with E-state index >= 15 is 0 Å². The SMILES string of the molecule is O=C(NCc1ccccc1Cl)c1cc(COc2ccc(Cl)cc2)cs1. The van der Waals surface area contributed by atoms with Crippen molar-refractivity contribution >= 4 is 40.4 Å². The molecule has 6 heteroatoms. The van der Waals surface area contributed by atoms with Crippen molar-refractivity contribution in [2.45, 2.75) is 13.2 Å². The fourth-order valence-corrected chi connectivity index (χ4v) is 3.31. The van der Waals surface area contributed by atoms with Gasteiger partial charge in [-0.2, -0.15) is 0 Å². The molecule has 0 aliphatic rings. The molecule has 3 nitrogen and oxygen atoms in total. The molecule has 0 radical (unpaired) electrons. The first-order chi connectivity index (χ1) is 12.1. The summed E-state index contributed by atoms with van der Waals surface area (Å²) in [5, 5.41) is 6.11. The maximum atomic E-state index is 12.3. The van der Waals surface area contributed by atoms with E-state index in [4.69, 9.17) is 27.9 Å². The Bertz CT molecular complexity index is 862. The van der Waals surface area contributed by atoms with Gasteiger partial charge in [-0.15, -0.1) is 11.3 Å². The third kappa shape index (κ3) is 4.98. The van der Waals surface area contributed by atoms with Crippen LogP contribution < -0.4 is 10.1 Å². The second-order valence-corrected chi connectivity index (χ2v) is 7.09. The van der Waals surface area contributed by atoms with Crippen LogP contribution in [0.15, 0.2) is 60.0 Å². The standard InChI is InChI=1S/C19H15Cl2NO2S/c20-15-5-7-16(8-6-15)24-11-13-9-18(25-12-13)19(23)22-10-14-3-1-2-4-17(14)21/h1-9,12H,10-11H2,(H,22,23). The third-order valence-corrected chi connectivity index (χ3v) is 5.09. The molecule has 3 rings (SSSR count). The quantitative estimate of drug-likeness (QED) is 0.596. The zero-order valence-electron chi connectivity index (χ0n) is 13.2. The molecular formula is C19H15Cl2NO2S. The number of hydrogen-bond acceptors (Lipinski definition) is 3. The minimum absolute atomic E-state index is 0.123. The minimum atomic E-state index is -0.123. The van der Waals surface area contributed by atoms with Crippen LogP contribution in [0.3, 0.4) is 0 Å². The highest BCUT2D eigenvalue weighted by atomic mass is 35.5. The predicted octanol–water partition coefficient (Wildman–Crippen LogP) is 5.56. The summed E-state index contributed by atoms with van der Waals surface area (Å²) in [5.41, 5.74) is 1.84. The highest BCUT2D eigenvalue weighted by Gasteiger charge is 2.10. The summed E-state index contributed by atoms with van der Waals surface area (Å²) in [6, 6.07) is 16.5. The van der Waals surface area contributed by atoms with Crippen LogP contribution >= 0.6 is 34.5 Å². The van der Waals surface area contributed by atoms with Gasteiger partial charge in [0, 0.05) is 22.2 Å². The number of ether oxygens (including phenoxy) is 1. The van der Waals surface area contributed by atoms with Crippen molar-refractivity contribution in [3.63, 3.8) is 0 Å². The molecule has 0 atom stereocenters. The fourth-order valence-electron chi connectivity index (χ4n) is 2.17. The van der Waals surface area contributed by atoms with Crippen LogP contribution in [-0.2, 0) is 13.2 Å². The van der Waals surface area contributed by atoms with Gasteiger partial charge in [-0.3, -0.25) is 4.79 Å². The van der Waals surface area contributed by atoms with E-state index in [-0.39, 0.29) is 5.91 Å². The summed E-state index contributed by atoms with van der Waals surface area (Å²) in [5.74, 6) is 0.614. The average Bonchev–Trinajstić information content (AvgIpc) is 3.09. The van der Waals surface area contributed by atoms with E-state index in [1.165, 1.54) is 11.3 Å². The zero-order chi connectivity index (χ0) is 17.6. The number of carbonyl (C=O) groups excluding carboxylic acids is 1. The number of nitrogens with one attached hydrogen (secondary N) is 1. The summed E-state index contributed by atoms with van der Waals surface area (Å²) in [6.45, 7) is 0.795. The van der Waals surface area contributed by atoms with E-state index in [9.17, 15) is 4.79 Å². The average molecular weight is 392 g/mol. The summed E-state index contributed by atoms with van der Waals surface area (Å²) < 4.78 is 5.68. The first kappa shape index (κ1) is 17.8. The van der Waals surface area contributed by atoms with Crippen molar-refractivity contribution < 1.29 is 9.53 Å². The smallest absolute Gasteiger partial charge is 0.261 e. The lowest BCUT2D eigenvalue weighted by molar-refractivity contribution is 0.0955. The molecule has 1 heterocycles. The molecule has 1 aromatic heterocycles. The number of thiophene rings is 1. The van der Waals surface area contributed by atoms with E-state index in [0.29, 0.717) is 28.1 Å². The Morgan fingerprint density at radius 3 is 2.60 bits per heavy atom. The minimum Gasteiger partial charge on any atom is -0.489 e. The Hall–Kier alpha value is -2.01. The Morgan fingerprint density at radius 2 is 1.84 bits per heavy atom. The van der Waals surface area contributed by atoms with Crippen LogP contribution in [0.1, 0.15) is 20.8 Å². The van der Waals surface area contributed by atoms with Gasteiger partial charge in [0.25, 0.3) is 5.91 Å². The van der Waals surface area contributed by atoms with Crippen molar-refractivity contribution in [1.82, 2.24) is 5.32 Å². The Kier molecular flexibility index (Phi) is 5.97. The third-order valence-electron chi connectivity index (χ3n) is 3.49. The van der Waals surface area contributed by atoms with Gasteiger partial charge in [-0.1, -0.05) is 41.4 Å². The molecule has 1 amide bonds. The van der Waals surface area contributed by atoms with Crippen molar-refractivity contribution in [2.24, 2.45) is 0 Å². The van der Waals surface area contributed by atoms with E-state index in [0.717, 1.165) is 16.9 Å². The van der Waals surface area contributed by atoms with Crippen LogP contribution in [0.2, 0.25) is 10.0 Å². The normalized spacial score (nSPS) is 10.5. The molecule has 128 valence electrons. The van der Waals surface area contributed by atoms with Crippen LogP contribution in [0.5, 0.6) is 5.75 Å². The Morgan fingerprint density at radius 1 is 1.08 bits per heavy atom. The summed E-state index contributed by atoms with van der Waals surface area (Å²) in [4.78, 5) is 12.9. The van der Waals surface area contributed by atoms with Gasteiger partial charge in [0.15, 0.2) is 0 Å². The molecule has 0 bridgehead atoms. The van der Waals surface area contributed by atoms with Gasteiger partial charge in [0.1, 0.15) is 12.4 Å². The van der Waals surface area contributed by atoms with Crippen LogP contribution in [-0.4, -0.2) is 5.91 Å².